The molecule has 0 aliphatic rings. The molecule has 0 aliphatic carbocycles. The van der Waals surface area contributed by atoms with E-state index in [-0.39, 0.29) is 22.7 Å². The monoisotopic (exact) mass is 355 g/mol. The van der Waals surface area contributed by atoms with E-state index < -0.39 is 5.56 Å². The number of carbonyl (C=O) groups is 1. The van der Waals surface area contributed by atoms with Gasteiger partial charge in [0.2, 0.25) is 0 Å². The summed E-state index contributed by atoms with van der Waals surface area (Å²) in [4.78, 5) is 25.2. The molecule has 8 heteroatoms. The van der Waals surface area contributed by atoms with Gasteiger partial charge in [-0.05, 0) is 24.7 Å². The summed E-state index contributed by atoms with van der Waals surface area (Å²) in [5, 5.41) is 4.04. The third-order valence-corrected chi connectivity index (χ3v) is 3.89. The van der Waals surface area contributed by atoms with Crippen molar-refractivity contribution >= 4 is 29.2 Å². The highest BCUT2D eigenvalue weighted by Gasteiger charge is 2.10. The molecule has 0 aliphatic heterocycles. The Hall–Kier alpha value is -1.89. The number of rotatable bonds is 5. The third kappa shape index (κ3) is 4.31. The lowest BCUT2D eigenvalue weighted by Crippen LogP contribution is -2.31. The zero-order chi connectivity index (χ0) is 17.0. The van der Waals surface area contributed by atoms with Gasteiger partial charge in [-0.2, -0.15) is 5.10 Å². The van der Waals surface area contributed by atoms with Crippen LogP contribution in [-0.2, 0) is 18.0 Å². The Bertz CT molecular complexity index is 760. The van der Waals surface area contributed by atoms with Crippen molar-refractivity contribution in [1.29, 1.82) is 0 Å². The van der Waals surface area contributed by atoms with Crippen LogP contribution in [0.15, 0.2) is 35.3 Å². The van der Waals surface area contributed by atoms with Crippen LogP contribution in [0, 0.1) is 0 Å². The van der Waals surface area contributed by atoms with Crippen LogP contribution in [0.4, 0.5) is 0 Å². The lowest BCUT2D eigenvalue weighted by molar-refractivity contribution is 0.0600. The summed E-state index contributed by atoms with van der Waals surface area (Å²) < 4.78 is 5.88. The van der Waals surface area contributed by atoms with Gasteiger partial charge in [-0.15, -0.1) is 0 Å². The second kappa shape index (κ2) is 7.59. The van der Waals surface area contributed by atoms with Crippen LogP contribution in [-0.4, -0.2) is 34.8 Å². The second-order valence-corrected chi connectivity index (χ2v) is 5.74. The number of nitrogens with zero attached hydrogens (tertiary/aromatic N) is 3. The minimum atomic E-state index is -0.438. The van der Waals surface area contributed by atoms with E-state index in [9.17, 15) is 9.59 Å². The fourth-order valence-corrected chi connectivity index (χ4v) is 2.27. The SMILES string of the molecule is COC(=O)c1ccc(CN(C)Cn2ncc(Cl)c(Cl)c2=O)cc1. The summed E-state index contributed by atoms with van der Waals surface area (Å²) >= 11 is 11.6. The summed E-state index contributed by atoms with van der Waals surface area (Å²) in [5.41, 5.74) is 1.03. The number of hydrogen-bond donors (Lipinski definition) is 0. The summed E-state index contributed by atoms with van der Waals surface area (Å²) in [6.07, 6.45) is 1.34. The molecule has 1 heterocycles. The van der Waals surface area contributed by atoms with E-state index in [0.29, 0.717) is 12.1 Å². The van der Waals surface area contributed by atoms with Crippen LogP contribution in [0.25, 0.3) is 0 Å². The molecule has 2 aromatic rings. The van der Waals surface area contributed by atoms with Crippen LogP contribution >= 0.6 is 23.2 Å². The van der Waals surface area contributed by atoms with Gasteiger partial charge < -0.3 is 4.74 Å². The average molecular weight is 356 g/mol. The molecule has 1 aromatic heterocycles. The molecular weight excluding hydrogens is 341 g/mol. The summed E-state index contributed by atoms with van der Waals surface area (Å²) in [7, 11) is 3.18. The van der Waals surface area contributed by atoms with Gasteiger partial charge in [-0.1, -0.05) is 35.3 Å². The maximum atomic E-state index is 11.9. The van der Waals surface area contributed by atoms with Gasteiger partial charge in [0.15, 0.2) is 0 Å². The van der Waals surface area contributed by atoms with Gasteiger partial charge in [0.05, 0.1) is 30.6 Å². The molecule has 0 spiro atoms. The van der Waals surface area contributed by atoms with E-state index >= 15 is 0 Å². The highest BCUT2D eigenvalue weighted by Crippen LogP contribution is 2.14. The lowest BCUT2D eigenvalue weighted by Gasteiger charge is -2.17. The maximum absolute atomic E-state index is 11.9. The summed E-state index contributed by atoms with van der Waals surface area (Å²) in [6, 6.07) is 7.04. The number of esters is 1. The fraction of sp³-hybridized carbons (Fsp3) is 0.267. The van der Waals surface area contributed by atoms with Crippen LogP contribution in [0.1, 0.15) is 15.9 Å². The first-order valence-corrected chi connectivity index (χ1v) is 7.45. The molecular formula is C15H15Cl2N3O3. The first kappa shape index (κ1) is 17.5. The molecule has 0 saturated carbocycles. The van der Waals surface area contributed by atoms with Crippen molar-refractivity contribution in [3.63, 3.8) is 0 Å². The minimum absolute atomic E-state index is 0.0440. The number of aromatic nitrogens is 2. The summed E-state index contributed by atoms with van der Waals surface area (Å²) in [5.74, 6) is -0.378. The van der Waals surface area contributed by atoms with Gasteiger partial charge in [0.1, 0.15) is 5.02 Å². The quantitative estimate of drug-likeness (QED) is 0.770. The molecule has 2 rings (SSSR count). The van der Waals surface area contributed by atoms with E-state index in [1.54, 1.807) is 12.1 Å². The third-order valence-electron chi connectivity index (χ3n) is 3.15. The summed E-state index contributed by atoms with van der Waals surface area (Å²) in [6.45, 7) is 0.824. The van der Waals surface area contributed by atoms with Crippen molar-refractivity contribution in [3.05, 3.63) is 62.0 Å². The number of hydrogen-bond acceptors (Lipinski definition) is 5. The van der Waals surface area contributed by atoms with Crippen molar-refractivity contribution in [1.82, 2.24) is 14.7 Å². The Morgan fingerprint density at radius 3 is 2.57 bits per heavy atom. The predicted molar refractivity (Wildman–Crippen MR) is 87.8 cm³/mol. The molecule has 0 atom stereocenters. The van der Waals surface area contributed by atoms with Crippen molar-refractivity contribution in [3.8, 4) is 0 Å². The van der Waals surface area contributed by atoms with Crippen LogP contribution in [0.2, 0.25) is 10.0 Å². The zero-order valence-electron chi connectivity index (χ0n) is 12.6. The Morgan fingerprint density at radius 2 is 1.96 bits per heavy atom. The molecule has 6 nitrogen and oxygen atoms in total. The highest BCUT2D eigenvalue weighted by molar-refractivity contribution is 6.41. The molecule has 0 bridgehead atoms. The zero-order valence-corrected chi connectivity index (χ0v) is 14.1. The van der Waals surface area contributed by atoms with Gasteiger partial charge >= 0.3 is 5.97 Å². The first-order valence-electron chi connectivity index (χ1n) is 6.69. The topological polar surface area (TPSA) is 64.4 Å². The first-order chi connectivity index (χ1) is 10.9. The van der Waals surface area contributed by atoms with E-state index in [1.165, 1.54) is 18.0 Å². The second-order valence-electron chi connectivity index (χ2n) is 4.96. The molecule has 0 radical (unpaired) electrons. The maximum Gasteiger partial charge on any atom is 0.337 e. The number of halogens is 2. The van der Waals surface area contributed by atoms with E-state index in [0.717, 1.165) is 5.56 Å². The fourth-order valence-electron chi connectivity index (χ4n) is 2.00. The highest BCUT2D eigenvalue weighted by atomic mass is 35.5. The Balaban J connectivity index is 2.05. The standard InChI is InChI=1S/C15H15Cl2N3O3/c1-19(9-20-14(21)13(17)12(16)7-18-20)8-10-3-5-11(6-4-10)15(22)23-2/h3-7H,8-9H2,1-2H3. The molecule has 0 amide bonds. The van der Waals surface area contributed by atoms with Crippen LogP contribution < -0.4 is 5.56 Å². The lowest BCUT2D eigenvalue weighted by atomic mass is 10.1. The minimum Gasteiger partial charge on any atom is -0.465 e. The smallest absolute Gasteiger partial charge is 0.337 e. The van der Waals surface area contributed by atoms with Crippen molar-refractivity contribution in [2.45, 2.75) is 13.2 Å². The Kier molecular flexibility index (Phi) is 5.76. The molecule has 23 heavy (non-hydrogen) atoms. The predicted octanol–water partition coefficient (Wildman–Crippen LogP) is 2.43. The van der Waals surface area contributed by atoms with E-state index in [1.807, 2.05) is 24.1 Å². The average Bonchev–Trinajstić information content (AvgIpc) is 2.55. The molecule has 122 valence electrons. The van der Waals surface area contributed by atoms with Crippen LogP contribution in [0.5, 0.6) is 0 Å². The normalized spacial score (nSPS) is 10.8. The molecule has 0 fully saturated rings. The van der Waals surface area contributed by atoms with E-state index in [2.05, 4.69) is 9.84 Å². The number of carbonyl (C=O) groups excluding carboxylic acids is 1. The largest absolute Gasteiger partial charge is 0.465 e. The number of methoxy groups -OCH3 is 1. The van der Waals surface area contributed by atoms with E-state index in [4.69, 9.17) is 23.2 Å². The number of benzene rings is 1. The molecule has 1 aromatic carbocycles. The number of ether oxygens (including phenoxy) is 1. The van der Waals surface area contributed by atoms with Gasteiger partial charge in [0, 0.05) is 6.54 Å². The van der Waals surface area contributed by atoms with Crippen LogP contribution in [0.3, 0.4) is 0 Å². The van der Waals surface area contributed by atoms with Crippen molar-refractivity contribution < 1.29 is 9.53 Å². The van der Waals surface area contributed by atoms with Gasteiger partial charge in [-0.25, -0.2) is 9.48 Å². The molecule has 0 saturated heterocycles. The molecule has 0 N–H and O–H groups in total. The van der Waals surface area contributed by atoms with Crippen molar-refractivity contribution in [2.24, 2.45) is 0 Å². The van der Waals surface area contributed by atoms with Gasteiger partial charge in [-0.3, -0.25) is 9.69 Å². The Morgan fingerprint density at radius 1 is 1.30 bits per heavy atom. The molecule has 0 unspecified atom stereocenters. The van der Waals surface area contributed by atoms with Crippen molar-refractivity contribution in [2.75, 3.05) is 14.2 Å². The Labute approximate surface area is 143 Å². The van der Waals surface area contributed by atoms with Gasteiger partial charge in [0.25, 0.3) is 5.56 Å².